The van der Waals surface area contributed by atoms with Gasteiger partial charge in [0, 0.05) is 16.5 Å². The van der Waals surface area contributed by atoms with E-state index >= 15 is 0 Å². The zero-order chi connectivity index (χ0) is 12.2. The van der Waals surface area contributed by atoms with Gasteiger partial charge in [-0.2, -0.15) is 0 Å². The molecule has 1 aliphatic carbocycles. The van der Waals surface area contributed by atoms with Crippen LogP contribution in [-0.4, -0.2) is 4.98 Å². The minimum absolute atomic E-state index is 0. The van der Waals surface area contributed by atoms with Gasteiger partial charge >= 0.3 is 0 Å². The molecule has 0 saturated heterocycles. The molecule has 1 aromatic carbocycles. The number of hydrogen-bond acceptors (Lipinski definition) is 0. The molecule has 1 N–H and O–H groups in total. The molecule has 1 aromatic heterocycles. The second-order valence-electron chi connectivity index (χ2n) is 5.83. The minimum Gasteiger partial charge on any atom is -0.355 e. The topological polar surface area (TPSA) is 15.8 Å². The monoisotopic (exact) mass is 267 g/mol. The number of aromatic amines is 1. The third-order valence-corrected chi connectivity index (χ3v) is 4.12. The Balaban J connectivity index is 0.00000120. The highest BCUT2D eigenvalue weighted by Crippen LogP contribution is 2.41. The lowest BCUT2D eigenvalue weighted by Crippen LogP contribution is -2.23. The predicted octanol–water partition coefficient (Wildman–Crippen LogP) is 4.65. The van der Waals surface area contributed by atoms with Gasteiger partial charge in [-0.1, -0.05) is 19.9 Å². The van der Waals surface area contributed by atoms with Gasteiger partial charge in [-0.05, 0) is 43.4 Å². The summed E-state index contributed by atoms with van der Waals surface area (Å²) >= 11 is 0. The van der Waals surface area contributed by atoms with Crippen molar-refractivity contribution in [3.63, 3.8) is 0 Å². The van der Waals surface area contributed by atoms with Crippen LogP contribution in [0.2, 0.25) is 0 Å². The Labute approximate surface area is 113 Å². The molecule has 3 rings (SSSR count). The average Bonchev–Trinajstić information content (AvgIpc) is 2.65. The summed E-state index contributed by atoms with van der Waals surface area (Å²) in [4.78, 5) is 3.34. The Kier molecular flexibility index (Phi) is 3.18. The van der Waals surface area contributed by atoms with Gasteiger partial charge in [-0.25, -0.2) is 4.39 Å². The number of benzene rings is 1. The van der Waals surface area contributed by atoms with E-state index in [2.05, 4.69) is 25.8 Å². The molecule has 0 saturated carbocycles. The number of halogens is 2. The van der Waals surface area contributed by atoms with Gasteiger partial charge < -0.3 is 4.98 Å². The molecule has 0 fully saturated rings. The summed E-state index contributed by atoms with van der Waals surface area (Å²) < 4.78 is 13.9. The largest absolute Gasteiger partial charge is 0.355 e. The highest BCUT2D eigenvalue weighted by molar-refractivity contribution is 5.89. The highest BCUT2D eigenvalue weighted by atomic mass is 35.5. The smallest absolute Gasteiger partial charge is 0.147 e. The fourth-order valence-corrected chi connectivity index (χ4v) is 3.18. The molecule has 1 aliphatic rings. The van der Waals surface area contributed by atoms with E-state index < -0.39 is 0 Å². The Hall–Kier alpha value is -1.02. The first-order valence-corrected chi connectivity index (χ1v) is 6.31. The van der Waals surface area contributed by atoms with E-state index in [0.717, 1.165) is 11.8 Å². The standard InChI is InChI=1S/C15H18FN.ClH/c1-9-6-7-11(16)13-12(9)10-5-4-8-15(2,3)14(10)17-13;/h6-7,17H,4-5,8H2,1-3H3;1H. The zero-order valence-corrected chi connectivity index (χ0v) is 11.9. The van der Waals surface area contributed by atoms with Crippen LogP contribution in [0.1, 0.15) is 43.5 Å². The van der Waals surface area contributed by atoms with Crippen molar-refractivity contribution in [2.75, 3.05) is 0 Å². The van der Waals surface area contributed by atoms with Gasteiger partial charge in [-0.15, -0.1) is 12.4 Å². The summed E-state index contributed by atoms with van der Waals surface area (Å²) in [5.41, 5.74) is 4.60. The lowest BCUT2D eigenvalue weighted by Gasteiger charge is -2.29. The van der Waals surface area contributed by atoms with Crippen molar-refractivity contribution in [2.24, 2.45) is 0 Å². The molecule has 18 heavy (non-hydrogen) atoms. The first-order chi connectivity index (χ1) is 8.00. The fraction of sp³-hybridized carbons (Fsp3) is 0.467. The van der Waals surface area contributed by atoms with Crippen molar-refractivity contribution in [3.05, 3.63) is 34.8 Å². The number of hydrogen-bond donors (Lipinski definition) is 1. The third-order valence-electron chi connectivity index (χ3n) is 4.12. The molecule has 0 bridgehead atoms. The van der Waals surface area contributed by atoms with Gasteiger partial charge in [0.2, 0.25) is 0 Å². The molecule has 3 heteroatoms. The maximum Gasteiger partial charge on any atom is 0.147 e. The van der Waals surface area contributed by atoms with E-state index in [1.165, 1.54) is 29.7 Å². The molecule has 0 unspecified atom stereocenters. The van der Waals surface area contributed by atoms with Crippen molar-refractivity contribution in [1.82, 2.24) is 4.98 Å². The van der Waals surface area contributed by atoms with Crippen LogP contribution in [0.25, 0.3) is 10.9 Å². The van der Waals surface area contributed by atoms with E-state index in [4.69, 9.17) is 0 Å². The summed E-state index contributed by atoms with van der Waals surface area (Å²) in [6, 6.07) is 3.44. The second kappa shape index (κ2) is 4.27. The van der Waals surface area contributed by atoms with Crippen molar-refractivity contribution in [3.8, 4) is 0 Å². The van der Waals surface area contributed by atoms with Crippen molar-refractivity contribution in [2.45, 2.75) is 45.4 Å². The number of aromatic nitrogens is 1. The number of fused-ring (bicyclic) bond motifs is 3. The van der Waals surface area contributed by atoms with Gasteiger partial charge in [-0.3, -0.25) is 0 Å². The summed E-state index contributed by atoms with van der Waals surface area (Å²) in [7, 11) is 0. The molecule has 1 nitrogen and oxygen atoms in total. The van der Waals surface area contributed by atoms with Crippen LogP contribution >= 0.6 is 12.4 Å². The van der Waals surface area contributed by atoms with Crippen molar-refractivity contribution < 1.29 is 4.39 Å². The maximum atomic E-state index is 13.9. The summed E-state index contributed by atoms with van der Waals surface area (Å²) in [6.45, 7) is 6.55. The molecule has 0 atom stereocenters. The molecule has 0 amide bonds. The summed E-state index contributed by atoms with van der Waals surface area (Å²) in [5.74, 6) is -0.129. The lowest BCUT2D eigenvalue weighted by molar-refractivity contribution is 0.423. The van der Waals surface area contributed by atoms with Crippen LogP contribution in [0, 0.1) is 12.7 Å². The first kappa shape index (κ1) is 13.4. The van der Waals surface area contributed by atoms with Crippen LogP contribution in [0.15, 0.2) is 12.1 Å². The minimum atomic E-state index is -0.129. The first-order valence-electron chi connectivity index (χ1n) is 6.31. The van der Waals surface area contributed by atoms with Crippen LogP contribution < -0.4 is 0 Å². The number of rotatable bonds is 0. The normalized spacial score (nSPS) is 17.3. The molecular formula is C15H19ClFN. The fourth-order valence-electron chi connectivity index (χ4n) is 3.18. The molecule has 98 valence electrons. The zero-order valence-electron chi connectivity index (χ0n) is 11.1. The number of nitrogens with one attached hydrogen (secondary N) is 1. The molecule has 0 spiro atoms. The average molecular weight is 268 g/mol. The molecule has 1 heterocycles. The van der Waals surface area contributed by atoms with Crippen LogP contribution in [0.3, 0.4) is 0 Å². The van der Waals surface area contributed by atoms with Crippen LogP contribution in [0.4, 0.5) is 4.39 Å². The van der Waals surface area contributed by atoms with E-state index in [1.54, 1.807) is 6.07 Å². The van der Waals surface area contributed by atoms with E-state index in [0.29, 0.717) is 5.52 Å². The number of H-pyrrole nitrogens is 1. The van der Waals surface area contributed by atoms with E-state index in [-0.39, 0.29) is 23.6 Å². The molecule has 0 aliphatic heterocycles. The Bertz CT molecular complexity index is 598. The van der Waals surface area contributed by atoms with Gasteiger partial charge in [0.15, 0.2) is 0 Å². The van der Waals surface area contributed by atoms with Gasteiger partial charge in [0.05, 0.1) is 5.52 Å². The second-order valence-corrected chi connectivity index (χ2v) is 5.83. The highest BCUT2D eigenvalue weighted by Gasteiger charge is 2.31. The van der Waals surface area contributed by atoms with Crippen molar-refractivity contribution in [1.29, 1.82) is 0 Å². The Morgan fingerprint density at radius 2 is 2.00 bits per heavy atom. The SMILES string of the molecule is Cc1ccc(F)c2[nH]c3c(c12)CCCC3(C)C.Cl. The van der Waals surface area contributed by atoms with Crippen LogP contribution in [0.5, 0.6) is 0 Å². The summed E-state index contributed by atoms with van der Waals surface area (Å²) in [5, 5.41) is 1.12. The Morgan fingerprint density at radius 1 is 1.28 bits per heavy atom. The lowest BCUT2D eigenvalue weighted by atomic mass is 9.76. The Morgan fingerprint density at radius 3 is 2.72 bits per heavy atom. The molecular weight excluding hydrogens is 249 g/mol. The van der Waals surface area contributed by atoms with Gasteiger partial charge in [0.1, 0.15) is 5.82 Å². The third kappa shape index (κ3) is 1.74. The molecule has 0 radical (unpaired) electrons. The van der Waals surface area contributed by atoms with Gasteiger partial charge in [0.25, 0.3) is 0 Å². The molecule has 2 aromatic rings. The van der Waals surface area contributed by atoms with Crippen molar-refractivity contribution >= 4 is 23.3 Å². The number of aryl methyl sites for hydroxylation is 2. The van der Waals surface area contributed by atoms with E-state index in [1.807, 2.05) is 6.07 Å². The predicted molar refractivity (Wildman–Crippen MR) is 76.2 cm³/mol. The summed E-state index contributed by atoms with van der Waals surface area (Å²) in [6.07, 6.45) is 3.44. The van der Waals surface area contributed by atoms with E-state index in [9.17, 15) is 4.39 Å². The maximum absolute atomic E-state index is 13.9. The van der Waals surface area contributed by atoms with Crippen LogP contribution in [-0.2, 0) is 11.8 Å². The quantitative estimate of drug-likeness (QED) is 0.715.